The van der Waals surface area contributed by atoms with E-state index in [4.69, 9.17) is 5.73 Å². The van der Waals surface area contributed by atoms with E-state index in [0.717, 1.165) is 18.8 Å². The zero-order valence-electron chi connectivity index (χ0n) is 8.50. The molecular formula is C11H14N4. The number of nitrogens with zero attached hydrogens (tertiary/aromatic N) is 3. The molecule has 0 amide bonds. The zero-order valence-corrected chi connectivity index (χ0v) is 8.50. The summed E-state index contributed by atoms with van der Waals surface area (Å²) in [6, 6.07) is 10.2. The number of benzene rings is 1. The summed E-state index contributed by atoms with van der Waals surface area (Å²) in [4.78, 5) is 0. The fourth-order valence-electron chi connectivity index (χ4n) is 1.52. The second-order valence-electron chi connectivity index (χ2n) is 3.39. The molecule has 0 saturated heterocycles. The van der Waals surface area contributed by atoms with E-state index in [-0.39, 0.29) is 0 Å². The molecule has 0 aliphatic heterocycles. The van der Waals surface area contributed by atoms with Crippen molar-refractivity contribution in [3.05, 3.63) is 48.0 Å². The normalized spacial score (nSPS) is 10.5. The van der Waals surface area contributed by atoms with Gasteiger partial charge in [-0.3, -0.25) is 0 Å². The van der Waals surface area contributed by atoms with Gasteiger partial charge >= 0.3 is 0 Å². The molecule has 4 heteroatoms. The smallest absolute Gasteiger partial charge is 0.137 e. The first-order valence-corrected chi connectivity index (χ1v) is 5.01. The van der Waals surface area contributed by atoms with Gasteiger partial charge in [0.25, 0.3) is 0 Å². The number of hydrogen-bond donors (Lipinski definition) is 1. The van der Waals surface area contributed by atoms with Crippen molar-refractivity contribution in [2.45, 2.75) is 13.0 Å². The predicted octanol–water partition coefficient (Wildman–Crippen LogP) is 0.828. The third-order valence-corrected chi connectivity index (χ3v) is 2.27. The predicted molar refractivity (Wildman–Crippen MR) is 58.3 cm³/mol. The first-order chi connectivity index (χ1) is 7.40. The molecule has 1 heterocycles. The molecule has 0 unspecified atom stereocenters. The zero-order chi connectivity index (χ0) is 10.5. The summed E-state index contributed by atoms with van der Waals surface area (Å²) in [5.41, 5.74) is 6.75. The van der Waals surface area contributed by atoms with Gasteiger partial charge in [0.05, 0.1) is 0 Å². The van der Waals surface area contributed by atoms with E-state index in [1.54, 1.807) is 6.33 Å². The molecule has 0 saturated carbocycles. The van der Waals surface area contributed by atoms with Crippen LogP contribution >= 0.6 is 0 Å². The van der Waals surface area contributed by atoms with Crippen LogP contribution in [-0.4, -0.2) is 21.3 Å². The summed E-state index contributed by atoms with van der Waals surface area (Å²) < 4.78 is 1.99. The van der Waals surface area contributed by atoms with E-state index in [1.807, 2.05) is 22.8 Å². The van der Waals surface area contributed by atoms with Crippen LogP contribution in [0, 0.1) is 0 Å². The molecule has 1 aromatic carbocycles. The molecule has 0 aliphatic rings. The highest BCUT2D eigenvalue weighted by Crippen LogP contribution is 2.06. The molecule has 0 bridgehead atoms. The quantitative estimate of drug-likeness (QED) is 0.798. The van der Waals surface area contributed by atoms with E-state index >= 15 is 0 Å². The fraction of sp³-hybridized carbons (Fsp3) is 0.273. The summed E-state index contributed by atoms with van der Waals surface area (Å²) in [6.45, 7) is 1.38. The van der Waals surface area contributed by atoms with E-state index in [1.165, 1.54) is 5.56 Å². The number of rotatable bonds is 4. The second-order valence-corrected chi connectivity index (χ2v) is 3.39. The Morgan fingerprint density at radius 3 is 2.73 bits per heavy atom. The van der Waals surface area contributed by atoms with Crippen LogP contribution < -0.4 is 5.73 Å². The minimum atomic E-state index is 0.611. The largest absolute Gasteiger partial charge is 0.329 e. The average Bonchev–Trinajstić information content (AvgIpc) is 2.68. The van der Waals surface area contributed by atoms with Crippen molar-refractivity contribution in [1.29, 1.82) is 0 Å². The first-order valence-electron chi connectivity index (χ1n) is 5.01. The van der Waals surface area contributed by atoms with Crippen molar-refractivity contribution in [3.63, 3.8) is 0 Å². The number of nitrogens with two attached hydrogens (primary N) is 1. The van der Waals surface area contributed by atoms with E-state index < -0.39 is 0 Å². The second kappa shape index (κ2) is 4.70. The van der Waals surface area contributed by atoms with Crippen molar-refractivity contribution in [3.8, 4) is 0 Å². The average molecular weight is 202 g/mol. The molecule has 15 heavy (non-hydrogen) atoms. The molecule has 0 atom stereocenters. The molecule has 0 spiro atoms. The molecule has 2 rings (SSSR count). The Kier molecular flexibility index (Phi) is 3.09. The van der Waals surface area contributed by atoms with Crippen molar-refractivity contribution in [2.24, 2.45) is 5.73 Å². The first kappa shape index (κ1) is 9.86. The van der Waals surface area contributed by atoms with Gasteiger partial charge in [0, 0.05) is 19.5 Å². The highest BCUT2D eigenvalue weighted by atomic mass is 15.3. The molecule has 78 valence electrons. The van der Waals surface area contributed by atoms with Crippen LogP contribution in [-0.2, 0) is 13.0 Å². The van der Waals surface area contributed by atoms with Gasteiger partial charge in [0.15, 0.2) is 0 Å². The third-order valence-electron chi connectivity index (χ3n) is 2.27. The third kappa shape index (κ3) is 2.41. The standard InChI is InChI=1S/C11H14N4/c12-6-7-15-9-13-14-11(15)8-10-4-2-1-3-5-10/h1-5,9H,6-8,12H2. The van der Waals surface area contributed by atoms with Gasteiger partial charge in [-0.2, -0.15) is 0 Å². The van der Waals surface area contributed by atoms with Gasteiger partial charge in [-0.05, 0) is 5.56 Å². The van der Waals surface area contributed by atoms with E-state index in [9.17, 15) is 0 Å². The Morgan fingerprint density at radius 2 is 2.00 bits per heavy atom. The molecule has 1 aromatic heterocycles. The monoisotopic (exact) mass is 202 g/mol. The van der Waals surface area contributed by atoms with Crippen molar-refractivity contribution in [1.82, 2.24) is 14.8 Å². The van der Waals surface area contributed by atoms with Gasteiger partial charge in [-0.25, -0.2) is 0 Å². The van der Waals surface area contributed by atoms with Gasteiger partial charge < -0.3 is 10.3 Å². The van der Waals surface area contributed by atoms with Crippen molar-refractivity contribution in [2.75, 3.05) is 6.54 Å². The maximum atomic E-state index is 5.51. The summed E-state index contributed by atoms with van der Waals surface area (Å²) >= 11 is 0. The molecule has 2 aromatic rings. The lowest BCUT2D eigenvalue weighted by Gasteiger charge is -2.04. The van der Waals surface area contributed by atoms with Crippen molar-refractivity contribution >= 4 is 0 Å². The minimum absolute atomic E-state index is 0.611. The molecular weight excluding hydrogens is 188 g/mol. The molecule has 0 radical (unpaired) electrons. The maximum Gasteiger partial charge on any atom is 0.137 e. The molecule has 0 fully saturated rings. The molecule has 0 aliphatic carbocycles. The lowest BCUT2D eigenvalue weighted by atomic mass is 10.1. The minimum Gasteiger partial charge on any atom is -0.329 e. The summed E-state index contributed by atoms with van der Waals surface area (Å²) in [5.74, 6) is 0.964. The Balaban J connectivity index is 2.14. The number of aromatic nitrogens is 3. The fourth-order valence-corrected chi connectivity index (χ4v) is 1.52. The van der Waals surface area contributed by atoms with Crippen LogP contribution in [0.3, 0.4) is 0 Å². The lowest BCUT2D eigenvalue weighted by Crippen LogP contribution is -2.12. The summed E-state index contributed by atoms with van der Waals surface area (Å²) in [5, 5.41) is 7.98. The highest BCUT2D eigenvalue weighted by Gasteiger charge is 2.03. The Morgan fingerprint density at radius 1 is 1.20 bits per heavy atom. The van der Waals surface area contributed by atoms with Crippen LogP contribution in [0.5, 0.6) is 0 Å². The van der Waals surface area contributed by atoms with Gasteiger partial charge in [-0.15, -0.1) is 10.2 Å². The van der Waals surface area contributed by atoms with E-state index in [2.05, 4.69) is 22.3 Å². The summed E-state index contributed by atoms with van der Waals surface area (Å²) in [7, 11) is 0. The SMILES string of the molecule is NCCn1cnnc1Cc1ccccc1. The Bertz CT molecular complexity index is 408. The lowest BCUT2D eigenvalue weighted by molar-refractivity contribution is 0.671. The van der Waals surface area contributed by atoms with Crippen LogP contribution in [0.15, 0.2) is 36.7 Å². The Labute approximate surface area is 88.8 Å². The van der Waals surface area contributed by atoms with Crippen LogP contribution in [0.1, 0.15) is 11.4 Å². The van der Waals surface area contributed by atoms with E-state index in [0.29, 0.717) is 6.54 Å². The van der Waals surface area contributed by atoms with Crippen LogP contribution in [0.4, 0.5) is 0 Å². The van der Waals surface area contributed by atoms with Crippen LogP contribution in [0.2, 0.25) is 0 Å². The highest BCUT2D eigenvalue weighted by molar-refractivity contribution is 5.18. The summed E-state index contributed by atoms with van der Waals surface area (Å²) in [6.07, 6.45) is 2.53. The van der Waals surface area contributed by atoms with Crippen LogP contribution in [0.25, 0.3) is 0 Å². The van der Waals surface area contributed by atoms with Gasteiger partial charge in [0.2, 0.25) is 0 Å². The molecule has 4 nitrogen and oxygen atoms in total. The maximum absolute atomic E-state index is 5.51. The van der Waals surface area contributed by atoms with Crippen molar-refractivity contribution < 1.29 is 0 Å². The van der Waals surface area contributed by atoms with Gasteiger partial charge in [0.1, 0.15) is 12.2 Å². The Hall–Kier alpha value is -1.68. The number of hydrogen-bond acceptors (Lipinski definition) is 3. The molecule has 2 N–H and O–H groups in total. The topological polar surface area (TPSA) is 56.7 Å². The van der Waals surface area contributed by atoms with Gasteiger partial charge in [-0.1, -0.05) is 30.3 Å².